The van der Waals surface area contributed by atoms with Gasteiger partial charge in [-0.15, -0.1) is 0 Å². The summed E-state index contributed by atoms with van der Waals surface area (Å²) in [6.07, 6.45) is 21.2. The van der Waals surface area contributed by atoms with E-state index in [9.17, 15) is 9.59 Å². The van der Waals surface area contributed by atoms with Crippen molar-refractivity contribution >= 4 is 11.9 Å². The fourth-order valence-electron chi connectivity index (χ4n) is 2.48. The maximum atomic E-state index is 10.3. The molecule has 0 spiro atoms. The van der Waals surface area contributed by atoms with Gasteiger partial charge in [-0.2, -0.15) is 0 Å². The molecule has 0 aliphatic carbocycles. The topological polar surface area (TPSA) is 74.6 Å². The summed E-state index contributed by atoms with van der Waals surface area (Å²) in [5.74, 6) is -1.72. The van der Waals surface area contributed by atoms with Gasteiger partial charge in [0.25, 0.3) is 0 Å². The zero-order valence-electron chi connectivity index (χ0n) is 14.2. The van der Waals surface area contributed by atoms with Gasteiger partial charge in [0.05, 0.1) is 0 Å². The number of unbranched alkanes of at least 4 members (excludes halogenated alkanes) is 12. The van der Waals surface area contributed by atoms with Crippen LogP contribution in [0.15, 0.2) is 24.3 Å². The minimum Gasteiger partial charge on any atom is -0.478 e. The molecule has 0 atom stereocenters. The van der Waals surface area contributed by atoms with Crippen LogP contribution >= 0.6 is 0 Å². The summed E-state index contributed by atoms with van der Waals surface area (Å²) in [6.45, 7) is 0. The third kappa shape index (κ3) is 20.4. The Hall–Kier alpha value is -1.58. The Balaban J connectivity index is 3.11. The number of carbonyl (C=O) groups is 2. The number of hydrogen-bond donors (Lipinski definition) is 2. The smallest absolute Gasteiger partial charge is 0.327 e. The zero-order valence-corrected chi connectivity index (χ0v) is 14.2. The molecule has 132 valence electrons. The molecule has 0 aromatic heterocycles. The molecule has 4 heteroatoms. The molecule has 0 aromatic carbocycles. The average molecular weight is 324 g/mol. The van der Waals surface area contributed by atoms with Crippen molar-refractivity contribution in [1.82, 2.24) is 0 Å². The first-order valence-corrected chi connectivity index (χ1v) is 8.92. The Labute approximate surface area is 140 Å². The molecule has 23 heavy (non-hydrogen) atoms. The maximum Gasteiger partial charge on any atom is 0.327 e. The lowest BCUT2D eigenvalue weighted by molar-refractivity contribution is -0.132. The summed E-state index contributed by atoms with van der Waals surface area (Å²) in [5.41, 5.74) is 0. The Morgan fingerprint density at radius 2 is 0.783 bits per heavy atom. The first kappa shape index (κ1) is 21.4. The molecule has 0 saturated heterocycles. The second-order valence-corrected chi connectivity index (χ2v) is 5.95. The summed E-state index contributed by atoms with van der Waals surface area (Å²) >= 11 is 0. The molecule has 0 aliphatic heterocycles. The maximum absolute atomic E-state index is 10.3. The molecule has 2 N–H and O–H groups in total. The molecule has 0 fully saturated rings. The molecule has 0 amide bonds. The van der Waals surface area contributed by atoms with Crippen LogP contribution in [0.4, 0.5) is 0 Å². The van der Waals surface area contributed by atoms with Crippen LogP contribution in [0.5, 0.6) is 0 Å². The minimum atomic E-state index is -0.860. The highest BCUT2D eigenvalue weighted by Crippen LogP contribution is 2.12. The lowest BCUT2D eigenvalue weighted by atomic mass is 10.0. The van der Waals surface area contributed by atoms with E-state index in [1.165, 1.54) is 69.9 Å². The molecular weight excluding hydrogens is 292 g/mol. The van der Waals surface area contributed by atoms with Gasteiger partial charge in [-0.3, -0.25) is 0 Å². The highest BCUT2D eigenvalue weighted by molar-refractivity contribution is 5.79. The largest absolute Gasteiger partial charge is 0.478 e. The SMILES string of the molecule is O=C(O)C=CCCCCCCCCCCCCCC=CC(=O)O. The Bertz CT molecular complexity index is 324. The molecule has 0 radical (unpaired) electrons. The number of rotatable bonds is 16. The molecular formula is C19H32O4. The van der Waals surface area contributed by atoms with Crippen molar-refractivity contribution in [3.63, 3.8) is 0 Å². The summed E-state index contributed by atoms with van der Waals surface area (Å²) in [7, 11) is 0. The van der Waals surface area contributed by atoms with Crippen molar-refractivity contribution in [1.29, 1.82) is 0 Å². The summed E-state index contributed by atoms with van der Waals surface area (Å²) in [4.78, 5) is 20.5. The predicted octanol–water partition coefficient (Wildman–Crippen LogP) is 5.34. The van der Waals surface area contributed by atoms with Crippen molar-refractivity contribution in [2.45, 2.75) is 83.5 Å². The molecule has 0 saturated carbocycles. The van der Waals surface area contributed by atoms with Gasteiger partial charge >= 0.3 is 11.9 Å². The van der Waals surface area contributed by atoms with Crippen molar-refractivity contribution in [3.05, 3.63) is 24.3 Å². The molecule has 0 rings (SSSR count). The Morgan fingerprint density at radius 1 is 0.522 bits per heavy atom. The third-order valence-electron chi connectivity index (χ3n) is 3.76. The van der Waals surface area contributed by atoms with Crippen LogP contribution in [0.25, 0.3) is 0 Å². The normalized spacial score (nSPS) is 11.5. The van der Waals surface area contributed by atoms with E-state index in [4.69, 9.17) is 10.2 Å². The quantitative estimate of drug-likeness (QED) is 0.297. The van der Waals surface area contributed by atoms with E-state index >= 15 is 0 Å². The molecule has 0 aliphatic rings. The standard InChI is InChI=1S/C19H32O4/c20-18(21)16-14-12-10-8-6-4-2-1-3-5-7-9-11-13-15-17-19(22)23/h14-17H,1-13H2,(H,20,21)(H,22,23). The molecule has 0 heterocycles. The number of carboxylic acid groups (broad SMARTS) is 2. The van der Waals surface area contributed by atoms with Crippen LogP contribution in [-0.4, -0.2) is 22.2 Å². The van der Waals surface area contributed by atoms with Gasteiger partial charge in [0.2, 0.25) is 0 Å². The molecule has 4 nitrogen and oxygen atoms in total. The fourth-order valence-corrected chi connectivity index (χ4v) is 2.48. The monoisotopic (exact) mass is 324 g/mol. The number of allylic oxidation sites excluding steroid dienone is 2. The lowest BCUT2D eigenvalue weighted by Gasteiger charge is -2.02. The van der Waals surface area contributed by atoms with Crippen molar-refractivity contribution in [3.8, 4) is 0 Å². The zero-order chi connectivity index (χ0) is 17.2. The van der Waals surface area contributed by atoms with Crippen LogP contribution in [0.3, 0.4) is 0 Å². The van der Waals surface area contributed by atoms with Gasteiger partial charge < -0.3 is 10.2 Å². The van der Waals surface area contributed by atoms with Crippen LogP contribution in [-0.2, 0) is 9.59 Å². The third-order valence-corrected chi connectivity index (χ3v) is 3.76. The lowest BCUT2D eigenvalue weighted by Crippen LogP contribution is -1.86. The second kappa shape index (κ2) is 16.8. The summed E-state index contributed by atoms with van der Waals surface area (Å²) in [6, 6.07) is 0. The summed E-state index contributed by atoms with van der Waals surface area (Å²) < 4.78 is 0. The van der Waals surface area contributed by atoms with Crippen LogP contribution < -0.4 is 0 Å². The average Bonchev–Trinajstić information content (AvgIpc) is 2.49. The number of aliphatic carboxylic acids is 2. The minimum absolute atomic E-state index is 0.860. The highest BCUT2D eigenvalue weighted by Gasteiger charge is 1.94. The molecule has 0 bridgehead atoms. The van der Waals surface area contributed by atoms with Crippen molar-refractivity contribution < 1.29 is 19.8 Å². The van der Waals surface area contributed by atoms with E-state index in [2.05, 4.69) is 0 Å². The van der Waals surface area contributed by atoms with E-state index in [0.717, 1.165) is 25.7 Å². The van der Waals surface area contributed by atoms with Gasteiger partial charge in [0, 0.05) is 12.2 Å². The highest BCUT2D eigenvalue weighted by atomic mass is 16.4. The number of carboxylic acids is 2. The van der Waals surface area contributed by atoms with Crippen molar-refractivity contribution in [2.24, 2.45) is 0 Å². The Morgan fingerprint density at radius 3 is 1.04 bits per heavy atom. The first-order valence-electron chi connectivity index (χ1n) is 8.92. The van der Waals surface area contributed by atoms with Gasteiger partial charge in [0.15, 0.2) is 0 Å². The van der Waals surface area contributed by atoms with Gasteiger partial charge in [0.1, 0.15) is 0 Å². The van der Waals surface area contributed by atoms with E-state index in [1.807, 2.05) is 0 Å². The van der Waals surface area contributed by atoms with Gasteiger partial charge in [-0.05, 0) is 25.7 Å². The number of hydrogen-bond acceptors (Lipinski definition) is 2. The van der Waals surface area contributed by atoms with E-state index < -0.39 is 11.9 Å². The fraction of sp³-hybridized carbons (Fsp3) is 0.684. The molecule has 0 unspecified atom stereocenters. The van der Waals surface area contributed by atoms with Crippen molar-refractivity contribution in [2.75, 3.05) is 0 Å². The van der Waals surface area contributed by atoms with E-state index in [1.54, 1.807) is 12.2 Å². The van der Waals surface area contributed by atoms with Gasteiger partial charge in [-0.1, -0.05) is 69.9 Å². The first-order chi connectivity index (χ1) is 11.1. The predicted molar refractivity (Wildman–Crippen MR) is 93.6 cm³/mol. The van der Waals surface area contributed by atoms with Gasteiger partial charge in [-0.25, -0.2) is 9.59 Å². The van der Waals surface area contributed by atoms with E-state index in [-0.39, 0.29) is 0 Å². The second-order valence-electron chi connectivity index (χ2n) is 5.95. The summed E-state index contributed by atoms with van der Waals surface area (Å²) in [5, 5.41) is 16.9. The Kier molecular flexibility index (Phi) is 15.6. The van der Waals surface area contributed by atoms with Crippen LogP contribution in [0, 0.1) is 0 Å². The van der Waals surface area contributed by atoms with E-state index in [0.29, 0.717) is 0 Å². The van der Waals surface area contributed by atoms with Crippen LogP contribution in [0.1, 0.15) is 83.5 Å². The van der Waals surface area contributed by atoms with Crippen LogP contribution in [0.2, 0.25) is 0 Å². The molecule has 0 aromatic rings.